The number of methoxy groups -OCH3 is 2. The highest BCUT2D eigenvalue weighted by molar-refractivity contribution is 7.71. The summed E-state index contributed by atoms with van der Waals surface area (Å²) in [6.45, 7) is 5.80. The molecule has 1 unspecified atom stereocenters. The smallest absolute Gasteiger partial charge is 0.254 e. The topological polar surface area (TPSA) is 58.0 Å². The van der Waals surface area contributed by atoms with Crippen LogP contribution in [0.25, 0.3) is 5.78 Å². The third-order valence-electron chi connectivity index (χ3n) is 5.52. The second kappa shape index (κ2) is 7.52. The van der Waals surface area contributed by atoms with Crippen LogP contribution in [0, 0.1) is 18.6 Å². The molecule has 0 amide bonds. The number of aryl methyl sites for hydroxylation is 2. The number of nitrogens with zero attached hydrogens (tertiary/aromatic N) is 4. The van der Waals surface area contributed by atoms with Gasteiger partial charge in [0.2, 0.25) is 4.77 Å². The molecule has 3 aromatic rings. The average Bonchev–Trinajstić information content (AvgIpc) is 3.26. The Morgan fingerprint density at radius 3 is 2.79 bits per heavy atom. The van der Waals surface area contributed by atoms with Crippen LogP contribution in [-0.4, -0.2) is 39.9 Å². The standard InChI is InChI=1S/C20H25N5O2S/c1-13-10-14(2)25-19(21-13)22-24(20(25)28)12-23-9-5-6-17(23)16-8-7-15(26-3)11-18(16)27-4/h7-8,10-11,17H,5-6,9,12H2,1-4H3/p+1/t17-/m1/s1. The molecular formula is C20H26N5O2S+. The minimum Gasteiger partial charge on any atom is -0.497 e. The van der Waals surface area contributed by atoms with Gasteiger partial charge in [-0.3, -0.25) is 4.40 Å². The number of likely N-dealkylation sites (tertiary alicyclic amines) is 1. The number of fused-ring (bicyclic) bond motifs is 1. The summed E-state index contributed by atoms with van der Waals surface area (Å²) in [7, 11) is 3.38. The van der Waals surface area contributed by atoms with Gasteiger partial charge < -0.3 is 14.4 Å². The maximum Gasteiger partial charge on any atom is 0.254 e. The molecule has 0 aliphatic carbocycles. The van der Waals surface area contributed by atoms with Crippen LogP contribution in [0.15, 0.2) is 24.3 Å². The molecule has 28 heavy (non-hydrogen) atoms. The molecule has 1 aliphatic heterocycles. The van der Waals surface area contributed by atoms with Crippen LogP contribution < -0.4 is 14.4 Å². The van der Waals surface area contributed by atoms with E-state index in [1.54, 1.807) is 14.2 Å². The van der Waals surface area contributed by atoms with E-state index in [1.165, 1.54) is 10.5 Å². The first-order chi connectivity index (χ1) is 13.5. The fraction of sp³-hybridized carbons (Fsp3) is 0.450. The predicted molar refractivity (Wildman–Crippen MR) is 109 cm³/mol. The minimum absolute atomic E-state index is 0.336. The molecule has 1 aromatic carbocycles. The summed E-state index contributed by atoms with van der Waals surface area (Å²) in [4.78, 5) is 5.97. The molecule has 0 bridgehead atoms. The van der Waals surface area contributed by atoms with Crippen LogP contribution in [0.1, 0.15) is 35.8 Å². The summed E-state index contributed by atoms with van der Waals surface area (Å²) < 4.78 is 15.5. The summed E-state index contributed by atoms with van der Waals surface area (Å²) in [5.74, 6) is 2.34. The van der Waals surface area contributed by atoms with Gasteiger partial charge in [0.05, 0.1) is 26.3 Å². The van der Waals surface area contributed by atoms with Crippen LogP contribution >= 0.6 is 12.2 Å². The molecule has 1 N–H and O–H groups in total. The van der Waals surface area contributed by atoms with Crippen molar-refractivity contribution in [1.29, 1.82) is 0 Å². The van der Waals surface area contributed by atoms with Crippen LogP contribution in [0.5, 0.6) is 11.5 Å². The molecule has 1 aliphatic rings. The fourth-order valence-electron chi connectivity index (χ4n) is 4.21. The van der Waals surface area contributed by atoms with Gasteiger partial charge >= 0.3 is 0 Å². The highest BCUT2D eigenvalue weighted by Gasteiger charge is 2.33. The van der Waals surface area contributed by atoms with Gasteiger partial charge in [0.1, 0.15) is 17.5 Å². The Bertz CT molecular complexity index is 1070. The van der Waals surface area contributed by atoms with Gasteiger partial charge in [-0.15, -0.1) is 5.10 Å². The van der Waals surface area contributed by atoms with Crippen molar-refractivity contribution in [1.82, 2.24) is 19.2 Å². The summed E-state index contributed by atoms with van der Waals surface area (Å²) in [6.07, 6.45) is 2.27. The Morgan fingerprint density at radius 2 is 2.04 bits per heavy atom. The van der Waals surface area contributed by atoms with Crippen molar-refractivity contribution in [2.45, 2.75) is 39.4 Å². The van der Waals surface area contributed by atoms with Gasteiger partial charge in [-0.1, -0.05) is 0 Å². The van der Waals surface area contributed by atoms with Gasteiger partial charge in [-0.2, -0.15) is 4.68 Å². The van der Waals surface area contributed by atoms with E-state index >= 15 is 0 Å². The lowest BCUT2D eigenvalue weighted by Crippen LogP contribution is -3.09. The normalized spacial score (nSPS) is 19.3. The van der Waals surface area contributed by atoms with E-state index in [0.29, 0.717) is 23.3 Å². The lowest BCUT2D eigenvalue weighted by molar-refractivity contribution is -0.941. The summed E-state index contributed by atoms with van der Waals surface area (Å²) in [5, 5.41) is 4.69. The fourth-order valence-corrected chi connectivity index (χ4v) is 4.54. The third-order valence-corrected chi connectivity index (χ3v) is 5.91. The van der Waals surface area contributed by atoms with Crippen molar-refractivity contribution in [3.8, 4) is 11.5 Å². The molecule has 0 spiro atoms. The summed E-state index contributed by atoms with van der Waals surface area (Å²) in [5.41, 5.74) is 3.21. The molecule has 3 heterocycles. The van der Waals surface area contributed by atoms with Gasteiger partial charge in [0.15, 0.2) is 6.67 Å². The van der Waals surface area contributed by atoms with Gasteiger partial charge in [-0.05, 0) is 44.3 Å². The number of ether oxygens (including phenoxy) is 2. The molecule has 1 saturated heterocycles. The first-order valence-electron chi connectivity index (χ1n) is 9.52. The largest absolute Gasteiger partial charge is 0.497 e. The summed E-state index contributed by atoms with van der Waals surface area (Å²) >= 11 is 5.70. The molecular weight excluding hydrogens is 374 g/mol. The van der Waals surface area contributed by atoms with E-state index < -0.39 is 0 Å². The van der Waals surface area contributed by atoms with Crippen molar-refractivity contribution >= 4 is 18.0 Å². The van der Waals surface area contributed by atoms with Gasteiger partial charge in [0.25, 0.3) is 5.78 Å². The van der Waals surface area contributed by atoms with Crippen LogP contribution in [-0.2, 0) is 6.67 Å². The monoisotopic (exact) mass is 400 g/mol. The number of nitrogens with one attached hydrogen (secondary N) is 1. The van der Waals surface area contributed by atoms with Crippen molar-refractivity contribution in [2.75, 3.05) is 20.8 Å². The molecule has 4 rings (SSSR count). The lowest BCUT2D eigenvalue weighted by atomic mass is 10.0. The maximum atomic E-state index is 5.70. The van der Waals surface area contributed by atoms with E-state index in [9.17, 15) is 0 Å². The second-order valence-electron chi connectivity index (χ2n) is 7.33. The van der Waals surface area contributed by atoms with Crippen LogP contribution in [0.2, 0.25) is 0 Å². The van der Waals surface area contributed by atoms with E-state index in [0.717, 1.165) is 42.3 Å². The lowest BCUT2D eigenvalue weighted by Gasteiger charge is -2.23. The van der Waals surface area contributed by atoms with E-state index in [2.05, 4.69) is 16.1 Å². The molecule has 1 fully saturated rings. The molecule has 8 heteroatoms. The Balaban J connectivity index is 1.67. The van der Waals surface area contributed by atoms with E-state index in [1.807, 2.05) is 41.1 Å². The molecule has 7 nitrogen and oxygen atoms in total. The Morgan fingerprint density at radius 1 is 1.21 bits per heavy atom. The molecule has 2 atom stereocenters. The highest BCUT2D eigenvalue weighted by atomic mass is 32.1. The van der Waals surface area contributed by atoms with Crippen LogP contribution in [0.3, 0.4) is 0 Å². The zero-order valence-electron chi connectivity index (χ0n) is 16.7. The zero-order chi connectivity index (χ0) is 19.8. The summed E-state index contributed by atoms with van der Waals surface area (Å²) in [6, 6.07) is 8.44. The molecule has 2 aromatic heterocycles. The SMILES string of the molecule is COc1ccc([C@H]2CCC[NH+]2Cn2nc3nc(C)cc(C)n3c2=S)c(OC)c1. The first kappa shape index (κ1) is 18.9. The number of aromatic nitrogens is 4. The Labute approximate surface area is 169 Å². The maximum absolute atomic E-state index is 5.70. The van der Waals surface area contributed by atoms with Gasteiger partial charge in [0, 0.05) is 30.3 Å². The highest BCUT2D eigenvalue weighted by Crippen LogP contribution is 2.31. The van der Waals surface area contributed by atoms with Crippen molar-refractivity contribution in [2.24, 2.45) is 0 Å². The Kier molecular flexibility index (Phi) is 5.07. The number of benzene rings is 1. The van der Waals surface area contributed by atoms with Crippen molar-refractivity contribution in [3.05, 3.63) is 46.0 Å². The predicted octanol–water partition coefficient (Wildman–Crippen LogP) is 2.27. The third kappa shape index (κ3) is 3.27. The minimum atomic E-state index is 0.336. The second-order valence-corrected chi connectivity index (χ2v) is 7.69. The van der Waals surface area contributed by atoms with E-state index in [4.69, 9.17) is 21.7 Å². The quantitative estimate of drug-likeness (QED) is 0.666. The number of quaternary nitrogens is 1. The zero-order valence-corrected chi connectivity index (χ0v) is 17.5. The molecule has 148 valence electrons. The van der Waals surface area contributed by atoms with Crippen molar-refractivity contribution in [3.63, 3.8) is 0 Å². The van der Waals surface area contributed by atoms with Crippen molar-refractivity contribution < 1.29 is 14.4 Å². The molecule has 0 saturated carbocycles. The number of hydrogen-bond donors (Lipinski definition) is 1. The first-order valence-corrected chi connectivity index (χ1v) is 9.93. The van der Waals surface area contributed by atoms with Crippen LogP contribution in [0.4, 0.5) is 0 Å². The molecule has 0 radical (unpaired) electrons. The number of hydrogen-bond acceptors (Lipinski definition) is 5. The van der Waals surface area contributed by atoms with Gasteiger partial charge in [-0.25, -0.2) is 4.98 Å². The number of rotatable bonds is 5. The van der Waals surface area contributed by atoms with E-state index in [-0.39, 0.29) is 0 Å². The Hall–Kier alpha value is -2.45. The average molecular weight is 401 g/mol.